The van der Waals surface area contributed by atoms with Crippen LogP contribution in [0.4, 0.5) is 5.69 Å². The number of rotatable bonds is 3. The summed E-state index contributed by atoms with van der Waals surface area (Å²) in [5, 5.41) is 0. The van der Waals surface area contributed by atoms with Gasteiger partial charge in [-0.25, -0.2) is 4.79 Å². The van der Waals surface area contributed by atoms with Gasteiger partial charge < -0.3 is 14.4 Å². The summed E-state index contributed by atoms with van der Waals surface area (Å²) in [6.07, 6.45) is 0.111. The first kappa shape index (κ1) is 14.4. The molecule has 1 aliphatic heterocycles. The topological polar surface area (TPSA) is 38.8 Å². The van der Waals surface area contributed by atoms with Crippen LogP contribution in [0.2, 0.25) is 0 Å². The highest BCUT2D eigenvalue weighted by Gasteiger charge is 2.24. The van der Waals surface area contributed by atoms with Crippen molar-refractivity contribution in [1.29, 1.82) is 0 Å². The Hall–Kier alpha value is -2.49. The maximum absolute atomic E-state index is 11.7. The number of nitrogens with zero attached hydrogens (tertiary/aromatic N) is 1. The highest BCUT2D eigenvalue weighted by Crippen LogP contribution is 2.35. The largest absolute Gasteiger partial charge is 0.487 e. The standard InChI is InChI=1S/C18H19NO3/c1-13-11-19(12-14-6-4-3-5-7-14)16-10-15(18(20)21-2)8-9-17(16)22-13/h3-10,13H,11-12H2,1-2H3. The van der Waals surface area contributed by atoms with Gasteiger partial charge in [-0.05, 0) is 30.7 Å². The minimum Gasteiger partial charge on any atom is -0.487 e. The molecule has 1 heterocycles. The van der Waals surface area contributed by atoms with Gasteiger partial charge in [0.2, 0.25) is 0 Å². The second kappa shape index (κ2) is 6.10. The lowest BCUT2D eigenvalue weighted by Crippen LogP contribution is -2.38. The highest BCUT2D eigenvalue weighted by atomic mass is 16.5. The van der Waals surface area contributed by atoms with E-state index in [2.05, 4.69) is 24.0 Å². The zero-order chi connectivity index (χ0) is 15.5. The lowest BCUT2D eigenvalue weighted by Gasteiger charge is -2.35. The lowest BCUT2D eigenvalue weighted by atomic mass is 10.1. The van der Waals surface area contributed by atoms with E-state index in [9.17, 15) is 4.79 Å². The van der Waals surface area contributed by atoms with E-state index in [4.69, 9.17) is 9.47 Å². The van der Waals surface area contributed by atoms with Gasteiger partial charge in [0.15, 0.2) is 0 Å². The van der Waals surface area contributed by atoms with Crippen molar-refractivity contribution in [3.63, 3.8) is 0 Å². The molecule has 0 aromatic heterocycles. The molecule has 0 saturated heterocycles. The molecule has 114 valence electrons. The van der Waals surface area contributed by atoms with Gasteiger partial charge >= 0.3 is 5.97 Å². The Kier molecular flexibility index (Phi) is 4.00. The second-order valence-corrected chi connectivity index (χ2v) is 5.47. The zero-order valence-electron chi connectivity index (χ0n) is 12.8. The van der Waals surface area contributed by atoms with E-state index >= 15 is 0 Å². The van der Waals surface area contributed by atoms with Crippen molar-refractivity contribution in [3.05, 3.63) is 59.7 Å². The number of fused-ring (bicyclic) bond motifs is 1. The minimum absolute atomic E-state index is 0.111. The van der Waals surface area contributed by atoms with Gasteiger partial charge in [-0.2, -0.15) is 0 Å². The lowest BCUT2D eigenvalue weighted by molar-refractivity contribution is 0.0600. The monoisotopic (exact) mass is 297 g/mol. The van der Waals surface area contributed by atoms with E-state index in [0.29, 0.717) is 5.56 Å². The van der Waals surface area contributed by atoms with Crippen LogP contribution in [0.5, 0.6) is 5.75 Å². The molecule has 4 nitrogen and oxygen atoms in total. The SMILES string of the molecule is COC(=O)c1ccc2c(c1)N(Cc1ccccc1)CC(C)O2. The van der Waals surface area contributed by atoms with Crippen LogP contribution in [0, 0.1) is 0 Å². The summed E-state index contributed by atoms with van der Waals surface area (Å²) in [5.74, 6) is 0.475. The number of methoxy groups -OCH3 is 1. The second-order valence-electron chi connectivity index (χ2n) is 5.47. The van der Waals surface area contributed by atoms with E-state index in [-0.39, 0.29) is 12.1 Å². The molecular weight excluding hydrogens is 278 g/mol. The predicted octanol–water partition coefficient (Wildman–Crippen LogP) is 3.26. The smallest absolute Gasteiger partial charge is 0.337 e. The Balaban J connectivity index is 1.94. The van der Waals surface area contributed by atoms with Crippen molar-refractivity contribution >= 4 is 11.7 Å². The van der Waals surface area contributed by atoms with Crippen molar-refractivity contribution in [2.75, 3.05) is 18.6 Å². The molecular formula is C18H19NO3. The number of esters is 1. The summed E-state index contributed by atoms with van der Waals surface area (Å²) in [4.78, 5) is 14.0. The Labute approximate surface area is 130 Å². The molecule has 2 aromatic carbocycles. The summed E-state index contributed by atoms with van der Waals surface area (Å²) in [5.41, 5.74) is 2.70. The molecule has 1 unspecified atom stereocenters. The first-order chi connectivity index (χ1) is 10.7. The van der Waals surface area contributed by atoms with Crippen LogP contribution >= 0.6 is 0 Å². The van der Waals surface area contributed by atoms with E-state index in [1.807, 2.05) is 30.3 Å². The van der Waals surface area contributed by atoms with Gasteiger partial charge in [0.25, 0.3) is 0 Å². The average Bonchev–Trinajstić information content (AvgIpc) is 2.54. The van der Waals surface area contributed by atoms with Crippen LogP contribution in [-0.2, 0) is 11.3 Å². The number of carbonyl (C=O) groups is 1. The van der Waals surface area contributed by atoms with E-state index < -0.39 is 0 Å². The zero-order valence-corrected chi connectivity index (χ0v) is 12.8. The van der Waals surface area contributed by atoms with Gasteiger partial charge in [-0.1, -0.05) is 30.3 Å². The van der Waals surface area contributed by atoms with Crippen molar-refractivity contribution in [3.8, 4) is 5.75 Å². The fourth-order valence-electron chi connectivity index (χ4n) is 2.73. The highest BCUT2D eigenvalue weighted by molar-refractivity contribution is 5.91. The molecule has 0 amide bonds. The molecule has 2 aromatic rings. The first-order valence-corrected chi connectivity index (χ1v) is 7.35. The molecule has 22 heavy (non-hydrogen) atoms. The maximum Gasteiger partial charge on any atom is 0.337 e. The number of anilines is 1. The van der Waals surface area contributed by atoms with Crippen LogP contribution in [0.3, 0.4) is 0 Å². The van der Waals surface area contributed by atoms with Gasteiger partial charge in [0.05, 0.1) is 24.9 Å². The molecule has 3 rings (SSSR count). The number of ether oxygens (including phenoxy) is 2. The third kappa shape index (κ3) is 2.91. The van der Waals surface area contributed by atoms with Gasteiger partial charge in [0.1, 0.15) is 11.9 Å². The number of carbonyl (C=O) groups excluding carboxylic acids is 1. The van der Waals surface area contributed by atoms with E-state index in [0.717, 1.165) is 24.5 Å². The van der Waals surface area contributed by atoms with Crippen LogP contribution in [0.1, 0.15) is 22.8 Å². The Morgan fingerprint density at radius 1 is 1.27 bits per heavy atom. The first-order valence-electron chi connectivity index (χ1n) is 7.35. The molecule has 0 bridgehead atoms. The molecule has 0 aliphatic carbocycles. The normalized spacial score (nSPS) is 16.6. The number of hydrogen-bond donors (Lipinski definition) is 0. The fourth-order valence-corrected chi connectivity index (χ4v) is 2.73. The molecule has 0 saturated carbocycles. The van der Waals surface area contributed by atoms with Crippen molar-refractivity contribution in [2.24, 2.45) is 0 Å². The fraction of sp³-hybridized carbons (Fsp3) is 0.278. The summed E-state index contributed by atoms with van der Waals surface area (Å²) >= 11 is 0. The summed E-state index contributed by atoms with van der Waals surface area (Å²) in [6.45, 7) is 3.62. The van der Waals surface area contributed by atoms with Gasteiger partial charge in [-0.3, -0.25) is 0 Å². The van der Waals surface area contributed by atoms with Crippen molar-refractivity contribution < 1.29 is 14.3 Å². The Morgan fingerprint density at radius 2 is 2.05 bits per heavy atom. The van der Waals surface area contributed by atoms with Gasteiger partial charge in [-0.15, -0.1) is 0 Å². The van der Waals surface area contributed by atoms with Crippen LogP contribution in [0.15, 0.2) is 48.5 Å². The van der Waals surface area contributed by atoms with E-state index in [1.54, 1.807) is 6.07 Å². The maximum atomic E-state index is 11.7. The van der Waals surface area contributed by atoms with E-state index in [1.165, 1.54) is 12.7 Å². The Morgan fingerprint density at radius 3 is 2.77 bits per heavy atom. The number of benzene rings is 2. The molecule has 0 spiro atoms. The van der Waals surface area contributed by atoms with Crippen LogP contribution in [0.25, 0.3) is 0 Å². The molecule has 0 fully saturated rings. The quantitative estimate of drug-likeness (QED) is 0.815. The molecule has 1 atom stereocenters. The molecule has 1 aliphatic rings. The van der Waals surface area contributed by atoms with Gasteiger partial charge in [0, 0.05) is 6.54 Å². The third-order valence-electron chi connectivity index (χ3n) is 3.74. The number of hydrogen-bond acceptors (Lipinski definition) is 4. The van der Waals surface area contributed by atoms with Crippen LogP contribution < -0.4 is 9.64 Å². The third-order valence-corrected chi connectivity index (χ3v) is 3.74. The Bertz CT molecular complexity index is 669. The average molecular weight is 297 g/mol. The molecule has 4 heteroatoms. The van der Waals surface area contributed by atoms with Crippen molar-refractivity contribution in [2.45, 2.75) is 19.6 Å². The molecule has 0 radical (unpaired) electrons. The van der Waals surface area contributed by atoms with Crippen molar-refractivity contribution in [1.82, 2.24) is 0 Å². The predicted molar refractivity (Wildman–Crippen MR) is 85.4 cm³/mol. The summed E-state index contributed by atoms with van der Waals surface area (Å²) in [7, 11) is 1.39. The van der Waals surface area contributed by atoms with Crippen LogP contribution in [-0.4, -0.2) is 25.7 Å². The molecule has 0 N–H and O–H groups in total. The summed E-state index contributed by atoms with van der Waals surface area (Å²) < 4.78 is 10.7. The summed E-state index contributed by atoms with van der Waals surface area (Å²) in [6, 6.07) is 15.7. The minimum atomic E-state index is -0.332.